The zero-order valence-corrected chi connectivity index (χ0v) is 19.5. The van der Waals surface area contributed by atoms with Crippen LogP contribution in [0.3, 0.4) is 0 Å². The number of carboxylic acids is 3. The van der Waals surface area contributed by atoms with Crippen LogP contribution >= 0.6 is 0 Å². The standard InChI is InChI=1S/C20H28N2O10Si/c1-14(13-33(2,3)32-20(31)9-8-19(29)30)12-22(16(24)5-7-18(27)28)11-10-21-15(23)4-6-17(25)26/h4-9,14H,10-13H2,1-3H3,(H,21,23)(H,25,26)(H,27,28)(H,29,30)/b6-4+,7-5+,9-8+. The van der Waals surface area contributed by atoms with Crippen LogP contribution in [0, 0.1) is 5.92 Å². The number of nitrogens with one attached hydrogen (secondary N) is 1. The van der Waals surface area contributed by atoms with E-state index in [9.17, 15) is 28.8 Å². The van der Waals surface area contributed by atoms with E-state index in [1.165, 1.54) is 4.90 Å². The van der Waals surface area contributed by atoms with Crippen LogP contribution in [-0.2, 0) is 33.2 Å². The highest BCUT2D eigenvalue weighted by Gasteiger charge is 2.30. The predicted octanol–water partition coefficient (Wildman–Crippen LogP) is 0.238. The fourth-order valence-electron chi connectivity index (χ4n) is 2.83. The third-order valence-electron chi connectivity index (χ3n) is 3.85. The zero-order valence-electron chi connectivity index (χ0n) is 18.5. The molecule has 0 spiro atoms. The van der Waals surface area contributed by atoms with Crippen molar-refractivity contribution < 1.29 is 48.5 Å². The third kappa shape index (κ3) is 15.7. The predicted molar refractivity (Wildman–Crippen MR) is 117 cm³/mol. The molecule has 0 heterocycles. The third-order valence-corrected chi connectivity index (χ3v) is 6.28. The van der Waals surface area contributed by atoms with Crippen molar-refractivity contribution in [2.24, 2.45) is 5.92 Å². The molecule has 0 aliphatic carbocycles. The fraction of sp³-hybridized carbons (Fsp3) is 0.400. The molecule has 182 valence electrons. The second kappa shape index (κ2) is 14.3. The van der Waals surface area contributed by atoms with Gasteiger partial charge in [0.05, 0.1) is 0 Å². The average Bonchev–Trinajstić information content (AvgIpc) is 2.67. The molecule has 0 saturated carbocycles. The highest BCUT2D eigenvalue weighted by atomic mass is 28.4. The first-order chi connectivity index (χ1) is 15.2. The summed E-state index contributed by atoms with van der Waals surface area (Å²) < 4.78 is 5.38. The summed E-state index contributed by atoms with van der Waals surface area (Å²) in [5.74, 6) is -6.13. The SMILES string of the molecule is CC(CN(CCNC(=O)/C=C/C(=O)O)C(=O)/C=C/C(=O)O)C[Si](C)(C)OC(=O)/C=C/C(=O)O. The van der Waals surface area contributed by atoms with Gasteiger partial charge in [0.15, 0.2) is 0 Å². The molecule has 0 aromatic rings. The van der Waals surface area contributed by atoms with Gasteiger partial charge in [-0.05, 0) is 25.1 Å². The number of nitrogens with zero attached hydrogens (tertiary/aromatic N) is 1. The van der Waals surface area contributed by atoms with Crippen LogP contribution in [0.15, 0.2) is 36.5 Å². The lowest BCUT2D eigenvalue weighted by molar-refractivity contribution is -0.133. The molecule has 4 N–H and O–H groups in total. The Hall–Kier alpha value is -3.74. The molecule has 0 radical (unpaired) electrons. The maximum absolute atomic E-state index is 12.4. The van der Waals surface area contributed by atoms with Crippen molar-refractivity contribution in [1.82, 2.24) is 10.2 Å². The molecule has 1 unspecified atom stereocenters. The van der Waals surface area contributed by atoms with Crippen molar-refractivity contribution in [2.45, 2.75) is 26.1 Å². The molecule has 33 heavy (non-hydrogen) atoms. The van der Waals surface area contributed by atoms with E-state index in [0.717, 1.165) is 18.2 Å². The van der Waals surface area contributed by atoms with Gasteiger partial charge in [-0.3, -0.25) is 9.59 Å². The lowest BCUT2D eigenvalue weighted by atomic mass is 10.2. The lowest BCUT2D eigenvalue weighted by Crippen LogP contribution is -2.42. The van der Waals surface area contributed by atoms with E-state index in [-0.39, 0.29) is 25.6 Å². The number of carbonyl (C=O) groups excluding carboxylic acids is 3. The van der Waals surface area contributed by atoms with Gasteiger partial charge >= 0.3 is 23.9 Å². The monoisotopic (exact) mass is 484 g/mol. The van der Waals surface area contributed by atoms with Crippen molar-refractivity contribution >= 4 is 44.0 Å². The first-order valence-electron chi connectivity index (χ1n) is 9.74. The number of carbonyl (C=O) groups is 6. The summed E-state index contributed by atoms with van der Waals surface area (Å²) in [5, 5.41) is 28.3. The summed E-state index contributed by atoms with van der Waals surface area (Å²) in [7, 11) is -2.59. The Kier molecular flexibility index (Phi) is 12.7. The summed E-state index contributed by atoms with van der Waals surface area (Å²) in [6, 6.07) is 0.416. The highest BCUT2D eigenvalue weighted by molar-refractivity contribution is 6.72. The largest absolute Gasteiger partial charge is 0.517 e. The molecular formula is C20H28N2O10Si. The van der Waals surface area contributed by atoms with Gasteiger partial charge in [-0.15, -0.1) is 0 Å². The number of rotatable bonds is 14. The first-order valence-corrected chi connectivity index (χ1v) is 12.9. The first kappa shape index (κ1) is 29.3. The number of carboxylic acid groups (broad SMARTS) is 3. The van der Waals surface area contributed by atoms with Gasteiger partial charge in [0.25, 0.3) is 0 Å². The normalized spacial score (nSPS) is 12.6. The van der Waals surface area contributed by atoms with Crippen molar-refractivity contribution in [1.29, 1.82) is 0 Å². The maximum atomic E-state index is 12.4. The second-order valence-corrected chi connectivity index (χ2v) is 11.7. The fourth-order valence-corrected chi connectivity index (χ4v) is 5.33. The summed E-state index contributed by atoms with van der Waals surface area (Å²) in [5.41, 5.74) is 0. The molecule has 0 saturated heterocycles. The molecule has 2 amide bonds. The Morgan fingerprint density at radius 3 is 1.94 bits per heavy atom. The van der Waals surface area contributed by atoms with Crippen LogP contribution in [0.1, 0.15) is 6.92 Å². The molecule has 0 bridgehead atoms. The van der Waals surface area contributed by atoms with Crippen LogP contribution < -0.4 is 5.32 Å². The molecular weight excluding hydrogens is 456 g/mol. The van der Waals surface area contributed by atoms with Gasteiger partial charge in [-0.25, -0.2) is 19.2 Å². The summed E-state index contributed by atoms with van der Waals surface area (Å²) in [6.45, 7) is 5.46. The lowest BCUT2D eigenvalue weighted by Gasteiger charge is -2.29. The van der Waals surface area contributed by atoms with Crippen molar-refractivity contribution in [2.75, 3.05) is 19.6 Å². The van der Waals surface area contributed by atoms with Crippen LogP contribution in [0.25, 0.3) is 0 Å². The van der Waals surface area contributed by atoms with Gasteiger partial charge in [0, 0.05) is 56.1 Å². The van der Waals surface area contributed by atoms with E-state index < -0.39 is 44.0 Å². The number of hydrogen-bond donors (Lipinski definition) is 4. The van der Waals surface area contributed by atoms with Gasteiger partial charge in [0.2, 0.25) is 20.1 Å². The number of hydrogen-bond acceptors (Lipinski definition) is 7. The number of aliphatic carboxylic acids is 3. The van der Waals surface area contributed by atoms with Gasteiger partial charge < -0.3 is 30.0 Å². The highest BCUT2D eigenvalue weighted by Crippen LogP contribution is 2.20. The molecule has 13 heteroatoms. The minimum atomic E-state index is -2.59. The Bertz CT molecular complexity index is 848. The Labute approximate surface area is 191 Å². The van der Waals surface area contributed by atoms with Crippen molar-refractivity contribution in [3.63, 3.8) is 0 Å². The van der Waals surface area contributed by atoms with E-state index >= 15 is 0 Å². The van der Waals surface area contributed by atoms with E-state index in [2.05, 4.69) is 5.32 Å². The Morgan fingerprint density at radius 1 is 0.879 bits per heavy atom. The topological polar surface area (TPSA) is 188 Å². The Balaban J connectivity index is 5.10. The molecule has 0 aliphatic heterocycles. The minimum Gasteiger partial charge on any atom is -0.517 e. The summed E-state index contributed by atoms with van der Waals surface area (Å²) >= 11 is 0. The molecule has 1 atom stereocenters. The van der Waals surface area contributed by atoms with E-state index in [4.69, 9.17) is 19.7 Å². The molecule has 0 rings (SSSR count). The molecule has 0 aliphatic rings. The van der Waals surface area contributed by atoms with Gasteiger partial charge in [-0.2, -0.15) is 0 Å². The molecule has 0 aromatic carbocycles. The van der Waals surface area contributed by atoms with E-state index in [1.54, 1.807) is 20.0 Å². The molecule has 12 nitrogen and oxygen atoms in total. The van der Waals surface area contributed by atoms with Gasteiger partial charge in [0.1, 0.15) is 0 Å². The Morgan fingerprint density at radius 2 is 1.39 bits per heavy atom. The zero-order chi connectivity index (χ0) is 25.6. The minimum absolute atomic E-state index is 0.0159. The number of amides is 2. The van der Waals surface area contributed by atoms with Crippen molar-refractivity contribution in [3.05, 3.63) is 36.5 Å². The average molecular weight is 485 g/mol. The molecule has 0 fully saturated rings. The second-order valence-electron chi connectivity index (χ2n) is 7.58. The summed E-state index contributed by atoms with van der Waals surface area (Å²) in [4.78, 5) is 68.7. The van der Waals surface area contributed by atoms with E-state index in [1.807, 2.05) is 0 Å². The van der Waals surface area contributed by atoms with Crippen LogP contribution in [-0.4, -0.2) is 83.9 Å². The quantitative estimate of drug-likeness (QED) is 0.196. The van der Waals surface area contributed by atoms with Crippen LogP contribution in [0.2, 0.25) is 19.1 Å². The van der Waals surface area contributed by atoms with Gasteiger partial charge in [-0.1, -0.05) is 6.92 Å². The maximum Gasteiger partial charge on any atom is 0.328 e. The summed E-state index contributed by atoms with van der Waals surface area (Å²) in [6.07, 6.45) is 4.53. The smallest absolute Gasteiger partial charge is 0.328 e. The van der Waals surface area contributed by atoms with E-state index in [0.29, 0.717) is 24.3 Å². The van der Waals surface area contributed by atoms with Crippen LogP contribution in [0.4, 0.5) is 0 Å². The van der Waals surface area contributed by atoms with Crippen LogP contribution in [0.5, 0.6) is 0 Å². The van der Waals surface area contributed by atoms with Crippen molar-refractivity contribution in [3.8, 4) is 0 Å². The molecule has 0 aromatic heterocycles.